The monoisotopic (exact) mass is 378 g/mol. The third kappa shape index (κ3) is 3.78. The number of hydrogen-bond donors (Lipinski definition) is 3. The van der Waals surface area contributed by atoms with Crippen LogP contribution in [0.2, 0.25) is 0 Å². The first-order valence-corrected chi connectivity index (χ1v) is 9.12. The summed E-state index contributed by atoms with van der Waals surface area (Å²) in [6.45, 7) is 0. The number of anilines is 2. The van der Waals surface area contributed by atoms with Crippen LogP contribution < -0.4 is 20.1 Å². The van der Waals surface area contributed by atoms with Gasteiger partial charge in [0.2, 0.25) is 0 Å². The Morgan fingerprint density at radius 1 is 0.964 bits per heavy atom. The van der Waals surface area contributed by atoms with Crippen molar-refractivity contribution in [1.82, 2.24) is 10.2 Å². The fourth-order valence-electron chi connectivity index (χ4n) is 3.06. The summed E-state index contributed by atoms with van der Waals surface area (Å²) in [5.74, 6) is 1.92. The van der Waals surface area contributed by atoms with Gasteiger partial charge in [-0.3, -0.25) is 5.10 Å². The highest BCUT2D eigenvalue weighted by Crippen LogP contribution is 2.45. The number of H-pyrrole nitrogens is 1. The maximum absolute atomic E-state index is 12.6. The highest BCUT2D eigenvalue weighted by molar-refractivity contribution is 6.02. The first kappa shape index (κ1) is 17.9. The molecule has 1 aliphatic rings. The van der Waals surface area contributed by atoms with Crippen molar-refractivity contribution in [3.05, 3.63) is 54.2 Å². The highest BCUT2D eigenvalue weighted by Gasteiger charge is 2.31. The molecular formula is C21H22N4O3. The van der Waals surface area contributed by atoms with Gasteiger partial charge in [0.15, 0.2) is 0 Å². The third-order valence-electron chi connectivity index (χ3n) is 4.73. The Bertz CT molecular complexity index is 960. The minimum Gasteiger partial charge on any atom is -0.497 e. The van der Waals surface area contributed by atoms with Gasteiger partial charge in [0, 0.05) is 17.2 Å². The lowest BCUT2D eigenvalue weighted by Gasteiger charge is -2.10. The summed E-state index contributed by atoms with van der Waals surface area (Å²) in [6, 6.07) is 14.5. The van der Waals surface area contributed by atoms with E-state index >= 15 is 0 Å². The van der Waals surface area contributed by atoms with Crippen molar-refractivity contribution in [2.24, 2.45) is 0 Å². The molecule has 0 radical (unpaired) electrons. The Balaban J connectivity index is 1.56. The summed E-state index contributed by atoms with van der Waals surface area (Å²) in [5, 5.41) is 13.4. The normalized spacial score (nSPS) is 13.1. The van der Waals surface area contributed by atoms with Crippen molar-refractivity contribution >= 4 is 17.4 Å². The minimum atomic E-state index is -0.316. The lowest BCUT2D eigenvalue weighted by molar-refractivity contribution is 0.262. The zero-order valence-corrected chi connectivity index (χ0v) is 15.8. The molecule has 2 amide bonds. The molecule has 0 atom stereocenters. The standard InChI is InChI=1S/C21H22N4O3/c1-27-16-9-5-14(6-10-16)19-20(18(24-25-19)13-3-4-13)23-21(26)22-15-7-11-17(28-2)12-8-15/h5-13H,3-4H2,1-2H3,(H,24,25)(H2,22,23,26). The second-order valence-corrected chi connectivity index (χ2v) is 6.67. The van der Waals surface area contributed by atoms with Crippen LogP contribution in [0.1, 0.15) is 24.5 Å². The quantitative estimate of drug-likeness (QED) is 0.584. The van der Waals surface area contributed by atoms with E-state index in [2.05, 4.69) is 20.8 Å². The molecule has 28 heavy (non-hydrogen) atoms. The van der Waals surface area contributed by atoms with Crippen LogP contribution in [0.4, 0.5) is 16.2 Å². The first-order valence-electron chi connectivity index (χ1n) is 9.12. The number of aromatic amines is 1. The fourth-order valence-corrected chi connectivity index (χ4v) is 3.06. The maximum atomic E-state index is 12.6. The van der Waals surface area contributed by atoms with Crippen LogP contribution in [-0.4, -0.2) is 30.4 Å². The van der Waals surface area contributed by atoms with Crippen LogP contribution in [0, 0.1) is 0 Å². The molecule has 0 aliphatic heterocycles. The molecule has 1 fully saturated rings. The molecule has 3 N–H and O–H groups in total. The molecule has 7 heteroatoms. The molecule has 3 aromatic rings. The number of hydrogen-bond acceptors (Lipinski definition) is 4. The number of benzene rings is 2. The first-order chi connectivity index (χ1) is 13.7. The van der Waals surface area contributed by atoms with Gasteiger partial charge in [-0.05, 0) is 61.4 Å². The number of nitrogens with zero attached hydrogens (tertiary/aromatic N) is 1. The van der Waals surface area contributed by atoms with Crippen molar-refractivity contribution in [3.63, 3.8) is 0 Å². The molecule has 1 aliphatic carbocycles. The number of aromatic nitrogens is 2. The van der Waals surface area contributed by atoms with Gasteiger partial charge in [-0.25, -0.2) is 4.79 Å². The van der Waals surface area contributed by atoms with E-state index in [1.165, 1.54) is 0 Å². The summed E-state index contributed by atoms with van der Waals surface area (Å²) in [7, 11) is 3.24. The van der Waals surface area contributed by atoms with Gasteiger partial charge in [0.1, 0.15) is 17.2 Å². The lowest BCUT2D eigenvalue weighted by Crippen LogP contribution is -2.20. The zero-order chi connectivity index (χ0) is 19.5. The van der Waals surface area contributed by atoms with Gasteiger partial charge in [0.25, 0.3) is 0 Å². The van der Waals surface area contributed by atoms with Crippen molar-refractivity contribution < 1.29 is 14.3 Å². The number of amides is 2. The molecule has 0 bridgehead atoms. The van der Waals surface area contributed by atoms with E-state index in [4.69, 9.17) is 9.47 Å². The Labute approximate surface area is 163 Å². The molecule has 0 unspecified atom stereocenters. The van der Waals surface area contributed by atoms with Crippen LogP contribution in [0.5, 0.6) is 11.5 Å². The van der Waals surface area contributed by atoms with E-state index in [9.17, 15) is 4.79 Å². The molecule has 4 rings (SSSR count). The van der Waals surface area contributed by atoms with Gasteiger partial charge in [-0.15, -0.1) is 0 Å². The second kappa shape index (κ2) is 7.64. The summed E-state index contributed by atoms with van der Waals surface area (Å²) >= 11 is 0. The van der Waals surface area contributed by atoms with E-state index in [0.717, 1.165) is 47.0 Å². The molecule has 2 aromatic carbocycles. The summed E-state index contributed by atoms with van der Waals surface area (Å²) in [5.41, 5.74) is 3.99. The molecule has 0 saturated heterocycles. The maximum Gasteiger partial charge on any atom is 0.323 e. The zero-order valence-electron chi connectivity index (χ0n) is 15.8. The summed E-state index contributed by atoms with van der Waals surface area (Å²) < 4.78 is 10.4. The summed E-state index contributed by atoms with van der Waals surface area (Å²) in [6.07, 6.45) is 2.19. The molecule has 0 spiro atoms. The Morgan fingerprint density at radius 3 is 2.14 bits per heavy atom. The van der Waals surface area contributed by atoms with Crippen LogP contribution in [0.15, 0.2) is 48.5 Å². The minimum absolute atomic E-state index is 0.316. The molecule has 144 valence electrons. The average Bonchev–Trinajstić information content (AvgIpc) is 3.49. The average molecular weight is 378 g/mol. The van der Waals surface area contributed by atoms with Gasteiger partial charge in [-0.1, -0.05) is 0 Å². The van der Waals surface area contributed by atoms with Crippen molar-refractivity contribution in [2.75, 3.05) is 24.9 Å². The Hall–Kier alpha value is -3.48. The predicted octanol–water partition coefficient (Wildman–Crippen LogP) is 4.62. The van der Waals surface area contributed by atoms with Crippen molar-refractivity contribution in [1.29, 1.82) is 0 Å². The van der Waals surface area contributed by atoms with Crippen molar-refractivity contribution in [3.8, 4) is 22.8 Å². The number of carbonyl (C=O) groups is 1. The molecule has 7 nitrogen and oxygen atoms in total. The number of nitrogens with one attached hydrogen (secondary N) is 3. The van der Waals surface area contributed by atoms with Gasteiger partial charge >= 0.3 is 6.03 Å². The van der Waals surface area contributed by atoms with Crippen LogP contribution in [0.25, 0.3) is 11.3 Å². The fraction of sp³-hybridized carbons (Fsp3) is 0.238. The predicted molar refractivity (Wildman–Crippen MR) is 108 cm³/mol. The Kier molecular flexibility index (Phi) is 4.89. The number of carbonyl (C=O) groups excluding carboxylic acids is 1. The van der Waals surface area contributed by atoms with E-state index in [1.807, 2.05) is 24.3 Å². The van der Waals surface area contributed by atoms with Crippen LogP contribution in [0.3, 0.4) is 0 Å². The molecule has 1 aromatic heterocycles. The van der Waals surface area contributed by atoms with E-state index < -0.39 is 0 Å². The van der Waals surface area contributed by atoms with E-state index in [1.54, 1.807) is 38.5 Å². The number of urea groups is 1. The van der Waals surface area contributed by atoms with Gasteiger partial charge < -0.3 is 20.1 Å². The third-order valence-corrected chi connectivity index (χ3v) is 4.73. The lowest BCUT2D eigenvalue weighted by atomic mass is 10.1. The topological polar surface area (TPSA) is 88.3 Å². The van der Waals surface area contributed by atoms with Gasteiger partial charge in [-0.2, -0.15) is 5.10 Å². The van der Waals surface area contributed by atoms with Crippen LogP contribution in [-0.2, 0) is 0 Å². The van der Waals surface area contributed by atoms with Gasteiger partial charge in [0.05, 0.1) is 25.6 Å². The van der Waals surface area contributed by atoms with E-state index in [-0.39, 0.29) is 6.03 Å². The van der Waals surface area contributed by atoms with E-state index in [0.29, 0.717) is 11.6 Å². The Morgan fingerprint density at radius 2 is 1.57 bits per heavy atom. The number of ether oxygens (including phenoxy) is 2. The molecular weight excluding hydrogens is 356 g/mol. The molecule has 1 saturated carbocycles. The number of rotatable bonds is 6. The SMILES string of the molecule is COc1ccc(NC(=O)Nc2c(-c3ccc(OC)cc3)n[nH]c2C2CC2)cc1. The molecule has 1 heterocycles. The second-order valence-electron chi connectivity index (χ2n) is 6.67. The highest BCUT2D eigenvalue weighted by atomic mass is 16.5. The summed E-state index contributed by atoms with van der Waals surface area (Å²) in [4.78, 5) is 12.6. The number of methoxy groups -OCH3 is 2. The smallest absolute Gasteiger partial charge is 0.323 e. The van der Waals surface area contributed by atoms with Crippen LogP contribution >= 0.6 is 0 Å². The largest absolute Gasteiger partial charge is 0.497 e. The van der Waals surface area contributed by atoms with Crippen molar-refractivity contribution in [2.45, 2.75) is 18.8 Å².